The van der Waals surface area contributed by atoms with Crippen molar-refractivity contribution >= 4 is 21.3 Å². The first kappa shape index (κ1) is 13.6. The molecule has 0 fully saturated rings. The summed E-state index contributed by atoms with van der Waals surface area (Å²) in [6.07, 6.45) is 0.0845. The van der Waals surface area contributed by atoms with Crippen molar-refractivity contribution in [3.63, 3.8) is 0 Å². The molecule has 1 aromatic heterocycles. The third kappa shape index (κ3) is 2.48. The minimum Gasteiger partial charge on any atom is -0.508 e. The fourth-order valence-corrected chi connectivity index (χ4v) is 3.03. The van der Waals surface area contributed by atoms with Crippen LogP contribution in [0.1, 0.15) is 11.4 Å². The highest BCUT2D eigenvalue weighted by atomic mass is 32.2. The number of hydrogen-bond donors (Lipinski definition) is 2. The van der Waals surface area contributed by atoms with Gasteiger partial charge in [-0.1, -0.05) is 30.3 Å². The molecule has 0 bridgehead atoms. The second kappa shape index (κ2) is 4.87. The fraction of sp³-hybridized carbons (Fsp3) is 0.0714. The molecule has 0 aliphatic heterocycles. The molecular weight excluding hydrogens is 292 g/mol. The van der Waals surface area contributed by atoms with Gasteiger partial charge in [0.15, 0.2) is 0 Å². The molecular formula is C14H12N2O4S. The minimum atomic E-state index is -4.48. The van der Waals surface area contributed by atoms with E-state index in [9.17, 15) is 18.1 Å². The van der Waals surface area contributed by atoms with Crippen LogP contribution in [-0.4, -0.2) is 27.0 Å². The summed E-state index contributed by atoms with van der Waals surface area (Å²) >= 11 is 0. The number of hydrogen-bond acceptors (Lipinski definition) is 4. The van der Waals surface area contributed by atoms with E-state index in [1.54, 1.807) is 42.5 Å². The fourth-order valence-electron chi connectivity index (χ4n) is 2.25. The van der Waals surface area contributed by atoms with E-state index in [0.29, 0.717) is 16.6 Å². The average Bonchev–Trinajstić information content (AvgIpc) is 2.79. The van der Waals surface area contributed by atoms with Gasteiger partial charge in [0.2, 0.25) is 0 Å². The van der Waals surface area contributed by atoms with Crippen LogP contribution < -0.4 is 0 Å². The molecule has 0 saturated heterocycles. The van der Waals surface area contributed by atoms with Gasteiger partial charge < -0.3 is 5.11 Å². The summed E-state index contributed by atoms with van der Waals surface area (Å²) < 4.78 is 33.5. The Morgan fingerprint density at radius 3 is 2.43 bits per heavy atom. The van der Waals surface area contributed by atoms with Gasteiger partial charge in [0.05, 0.1) is 11.0 Å². The van der Waals surface area contributed by atoms with Crippen LogP contribution in [0.15, 0.2) is 48.5 Å². The van der Waals surface area contributed by atoms with Crippen molar-refractivity contribution in [1.82, 2.24) is 8.96 Å². The lowest BCUT2D eigenvalue weighted by Crippen LogP contribution is -2.14. The van der Waals surface area contributed by atoms with Crippen LogP contribution in [0.2, 0.25) is 0 Å². The van der Waals surface area contributed by atoms with Crippen molar-refractivity contribution < 1.29 is 18.1 Å². The first-order valence-corrected chi connectivity index (χ1v) is 7.58. The Kier molecular flexibility index (Phi) is 3.15. The number of para-hydroxylation sites is 3. The number of benzene rings is 2. The molecule has 6 nitrogen and oxygen atoms in total. The molecule has 0 unspecified atom stereocenters. The smallest absolute Gasteiger partial charge is 0.365 e. The highest BCUT2D eigenvalue weighted by molar-refractivity contribution is 7.84. The molecule has 0 atom stereocenters. The topological polar surface area (TPSA) is 92.4 Å². The van der Waals surface area contributed by atoms with Crippen LogP contribution in [-0.2, 0) is 16.7 Å². The summed E-state index contributed by atoms with van der Waals surface area (Å²) in [7, 11) is -4.48. The number of aromatic hydroxyl groups is 1. The van der Waals surface area contributed by atoms with Crippen LogP contribution in [0.5, 0.6) is 5.75 Å². The highest BCUT2D eigenvalue weighted by Crippen LogP contribution is 2.23. The predicted octanol–water partition coefficient (Wildman–Crippen LogP) is 1.98. The second-order valence-corrected chi connectivity index (χ2v) is 5.83. The summed E-state index contributed by atoms with van der Waals surface area (Å²) in [6, 6.07) is 13.2. The van der Waals surface area contributed by atoms with E-state index in [1.807, 2.05) is 0 Å². The van der Waals surface area contributed by atoms with Crippen molar-refractivity contribution in [3.8, 4) is 5.75 Å². The van der Waals surface area contributed by atoms with Gasteiger partial charge in [-0.3, -0.25) is 4.55 Å². The third-order valence-corrected chi connectivity index (χ3v) is 4.02. The Bertz CT molecular complexity index is 916. The molecule has 1 heterocycles. The van der Waals surface area contributed by atoms with Gasteiger partial charge in [0.25, 0.3) is 0 Å². The Morgan fingerprint density at radius 2 is 1.71 bits per heavy atom. The number of phenolic OH excluding ortho intramolecular Hbond substituents is 1. The molecule has 0 saturated carbocycles. The highest BCUT2D eigenvalue weighted by Gasteiger charge is 2.20. The maximum absolute atomic E-state index is 11.6. The van der Waals surface area contributed by atoms with Crippen molar-refractivity contribution in [3.05, 3.63) is 59.9 Å². The van der Waals surface area contributed by atoms with E-state index in [0.717, 1.165) is 3.97 Å². The van der Waals surface area contributed by atoms with E-state index in [4.69, 9.17) is 0 Å². The number of nitrogens with zero attached hydrogens (tertiary/aromatic N) is 2. The van der Waals surface area contributed by atoms with E-state index in [1.165, 1.54) is 6.07 Å². The Balaban J connectivity index is 2.21. The molecule has 3 aromatic rings. The first-order valence-electron chi connectivity index (χ1n) is 6.18. The summed E-state index contributed by atoms with van der Waals surface area (Å²) in [5, 5.41) is 9.79. The van der Waals surface area contributed by atoms with Crippen LogP contribution in [0, 0.1) is 0 Å². The zero-order valence-corrected chi connectivity index (χ0v) is 11.7. The Hall–Kier alpha value is -2.38. The number of phenols is 1. The van der Waals surface area contributed by atoms with E-state index < -0.39 is 10.3 Å². The van der Waals surface area contributed by atoms with Crippen LogP contribution in [0.25, 0.3) is 11.0 Å². The predicted molar refractivity (Wildman–Crippen MR) is 77.6 cm³/mol. The lowest BCUT2D eigenvalue weighted by molar-refractivity contribution is 0.465. The SMILES string of the molecule is O=S(=O)(O)n1c(Cc2ccccc2O)nc2ccccc21. The monoisotopic (exact) mass is 304 g/mol. The van der Waals surface area contributed by atoms with E-state index in [-0.39, 0.29) is 18.0 Å². The zero-order chi connectivity index (χ0) is 15.0. The number of imidazole rings is 1. The average molecular weight is 304 g/mol. The second-order valence-electron chi connectivity index (χ2n) is 4.56. The molecule has 2 N–H and O–H groups in total. The third-order valence-electron chi connectivity index (χ3n) is 3.16. The minimum absolute atomic E-state index is 0.0476. The molecule has 2 aromatic carbocycles. The van der Waals surface area contributed by atoms with Crippen molar-refractivity contribution in [2.45, 2.75) is 6.42 Å². The quantitative estimate of drug-likeness (QED) is 0.722. The number of rotatable bonds is 3. The summed E-state index contributed by atoms with van der Waals surface area (Å²) in [6.45, 7) is 0. The summed E-state index contributed by atoms with van der Waals surface area (Å²) in [5.41, 5.74) is 1.28. The van der Waals surface area contributed by atoms with Gasteiger partial charge in [-0.15, -0.1) is 0 Å². The Labute approximate surface area is 121 Å². The van der Waals surface area contributed by atoms with E-state index >= 15 is 0 Å². The van der Waals surface area contributed by atoms with Gasteiger partial charge in [-0.05, 0) is 18.2 Å². The van der Waals surface area contributed by atoms with Gasteiger partial charge in [0, 0.05) is 12.0 Å². The molecule has 0 spiro atoms. The Morgan fingerprint density at radius 1 is 1.05 bits per heavy atom. The molecule has 0 radical (unpaired) electrons. The molecule has 0 amide bonds. The van der Waals surface area contributed by atoms with Crippen molar-refractivity contribution in [1.29, 1.82) is 0 Å². The van der Waals surface area contributed by atoms with Crippen molar-refractivity contribution in [2.75, 3.05) is 0 Å². The largest absolute Gasteiger partial charge is 0.508 e. The van der Waals surface area contributed by atoms with Gasteiger partial charge >= 0.3 is 10.3 Å². The van der Waals surface area contributed by atoms with Gasteiger partial charge in [-0.2, -0.15) is 8.42 Å². The molecule has 0 aliphatic rings. The van der Waals surface area contributed by atoms with Crippen molar-refractivity contribution in [2.24, 2.45) is 0 Å². The maximum atomic E-state index is 11.6. The van der Waals surface area contributed by atoms with E-state index in [2.05, 4.69) is 4.98 Å². The maximum Gasteiger partial charge on any atom is 0.365 e. The molecule has 7 heteroatoms. The lowest BCUT2D eigenvalue weighted by Gasteiger charge is -2.06. The lowest BCUT2D eigenvalue weighted by atomic mass is 10.1. The summed E-state index contributed by atoms with van der Waals surface area (Å²) in [4.78, 5) is 4.23. The summed E-state index contributed by atoms with van der Waals surface area (Å²) in [5.74, 6) is 0.187. The molecule has 3 rings (SSSR count). The van der Waals surface area contributed by atoms with Crippen LogP contribution in [0.3, 0.4) is 0 Å². The van der Waals surface area contributed by atoms with Crippen LogP contribution >= 0.6 is 0 Å². The van der Waals surface area contributed by atoms with Gasteiger partial charge in [-0.25, -0.2) is 8.96 Å². The standard InChI is InChI=1S/C14H12N2O4S/c17-13-8-4-1-5-10(13)9-14-15-11-6-2-3-7-12(11)16(14)21(18,19)20/h1-8,17H,9H2,(H,18,19,20). The zero-order valence-electron chi connectivity index (χ0n) is 10.8. The molecule has 108 valence electrons. The molecule has 21 heavy (non-hydrogen) atoms. The normalized spacial score (nSPS) is 11.9. The number of aromatic nitrogens is 2. The number of fused-ring (bicyclic) bond motifs is 1. The molecule has 0 aliphatic carbocycles. The first-order chi connectivity index (χ1) is 9.97. The van der Waals surface area contributed by atoms with Gasteiger partial charge in [0.1, 0.15) is 11.6 Å². The van der Waals surface area contributed by atoms with Crippen LogP contribution in [0.4, 0.5) is 0 Å².